The molecule has 4 nitrogen and oxygen atoms in total. The van der Waals surface area contributed by atoms with Crippen LogP contribution in [0.15, 0.2) is 36.0 Å². The van der Waals surface area contributed by atoms with Crippen LogP contribution >= 0.6 is 0 Å². The SMILES string of the molecule is CC[C@]12CCC3C(C=CC4=CC(=N)CC[C@@H]43)C1CC[C@@]21C=CC(=O)O1.O. The van der Waals surface area contributed by atoms with Crippen LogP contribution in [0.3, 0.4) is 0 Å². The normalized spacial score (nSPS) is 45.5. The fourth-order valence-electron chi connectivity index (χ4n) is 7.13. The number of ether oxygens (including phenoxy) is 1. The standard InChI is InChI=1S/C22H27NO2.H2O/c1-2-21-10-7-17-16-6-4-15(23)13-14(16)3-5-18(17)19(21)8-11-22(21)12-9-20(24)25-22;/h3,5,9,12-13,16-19,23H,2,4,6-8,10-11H2,1H3;1H2/t16-,17?,18?,19?,21-,22+;/m0./s1. The molecule has 0 amide bonds. The van der Waals surface area contributed by atoms with E-state index in [1.54, 1.807) is 6.08 Å². The summed E-state index contributed by atoms with van der Waals surface area (Å²) in [7, 11) is 0. The van der Waals surface area contributed by atoms with Gasteiger partial charge in [0.15, 0.2) is 0 Å². The third-order valence-corrected chi connectivity index (χ3v) is 8.19. The molecule has 0 radical (unpaired) electrons. The third-order valence-electron chi connectivity index (χ3n) is 8.19. The highest BCUT2D eigenvalue weighted by Gasteiger charge is 2.65. The van der Waals surface area contributed by atoms with Crippen LogP contribution in [0.1, 0.15) is 51.9 Å². The van der Waals surface area contributed by atoms with E-state index in [4.69, 9.17) is 10.1 Å². The van der Waals surface area contributed by atoms with Crippen LogP contribution < -0.4 is 0 Å². The van der Waals surface area contributed by atoms with Crippen molar-refractivity contribution >= 4 is 11.7 Å². The van der Waals surface area contributed by atoms with Gasteiger partial charge in [0.1, 0.15) is 5.60 Å². The summed E-state index contributed by atoms with van der Waals surface area (Å²) in [5, 5.41) is 7.98. The molecule has 4 heteroatoms. The number of rotatable bonds is 1. The summed E-state index contributed by atoms with van der Waals surface area (Å²) in [6.07, 6.45) is 18.3. The lowest BCUT2D eigenvalue weighted by molar-refractivity contribution is -0.162. The van der Waals surface area contributed by atoms with Gasteiger partial charge in [0.25, 0.3) is 0 Å². The van der Waals surface area contributed by atoms with Crippen LogP contribution in [0.2, 0.25) is 0 Å². The fraction of sp³-hybridized carbons (Fsp3) is 0.636. The molecule has 1 spiro atoms. The van der Waals surface area contributed by atoms with Crippen molar-refractivity contribution < 1.29 is 15.0 Å². The largest absolute Gasteiger partial charge is 0.451 e. The molecule has 0 saturated heterocycles. The van der Waals surface area contributed by atoms with Crippen molar-refractivity contribution in [2.45, 2.75) is 57.5 Å². The molecule has 140 valence electrons. The number of esters is 1. The number of carbonyl (C=O) groups is 1. The Hall–Kier alpha value is -1.68. The molecular formula is C22H29NO3. The molecule has 0 aromatic rings. The van der Waals surface area contributed by atoms with Crippen molar-refractivity contribution in [3.8, 4) is 0 Å². The Bertz CT molecular complexity index is 736. The molecule has 4 aliphatic carbocycles. The van der Waals surface area contributed by atoms with E-state index in [1.807, 2.05) is 0 Å². The van der Waals surface area contributed by atoms with E-state index in [0.717, 1.165) is 31.4 Å². The first-order valence-electron chi connectivity index (χ1n) is 9.98. The summed E-state index contributed by atoms with van der Waals surface area (Å²) >= 11 is 0. The second-order valence-electron chi connectivity index (χ2n) is 8.75. The van der Waals surface area contributed by atoms with Crippen molar-refractivity contribution in [2.75, 3.05) is 0 Å². The zero-order valence-electron chi connectivity index (χ0n) is 15.5. The topological polar surface area (TPSA) is 81.7 Å². The Morgan fingerprint density at radius 1 is 1.23 bits per heavy atom. The molecule has 3 unspecified atom stereocenters. The molecule has 6 atom stereocenters. The zero-order valence-corrected chi connectivity index (χ0v) is 15.5. The minimum Gasteiger partial charge on any atom is -0.451 e. The van der Waals surface area contributed by atoms with Gasteiger partial charge in [-0.15, -0.1) is 0 Å². The van der Waals surface area contributed by atoms with Gasteiger partial charge < -0.3 is 15.6 Å². The highest BCUT2D eigenvalue weighted by atomic mass is 16.6. The summed E-state index contributed by atoms with van der Waals surface area (Å²) in [4.78, 5) is 11.9. The predicted octanol–water partition coefficient (Wildman–Crippen LogP) is 3.77. The van der Waals surface area contributed by atoms with Gasteiger partial charge in [-0.3, -0.25) is 0 Å². The van der Waals surface area contributed by atoms with Crippen LogP contribution in [-0.2, 0) is 9.53 Å². The van der Waals surface area contributed by atoms with E-state index in [-0.39, 0.29) is 22.5 Å². The quantitative estimate of drug-likeness (QED) is 0.726. The highest BCUT2D eigenvalue weighted by Crippen LogP contribution is 2.67. The second kappa shape index (κ2) is 5.91. The number of allylic oxidation sites excluding steroid dienone is 4. The first-order chi connectivity index (χ1) is 12.1. The monoisotopic (exact) mass is 355 g/mol. The molecule has 26 heavy (non-hydrogen) atoms. The lowest BCUT2D eigenvalue weighted by Crippen LogP contribution is -2.53. The van der Waals surface area contributed by atoms with Crippen molar-refractivity contribution in [1.29, 1.82) is 5.41 Å². The molecular weight excluding hydrogens is 326 g/mol. The Kier molecular flexibility index (Phi) is 4.03. The highest BCUT2D eigenvalue weighted by molar-refractivity contribution is 5.94. The minimum atomic E-state index is -0.340. The Labute approximate surface area is 155 Å². The number of hydrogen-bond donors (Lipinski definition) is 1. The zero-order chi connectivity index (χ0) is 17.2. The third kappa shape index (κ3) is 2.11. The van der Waals surface area contributed by atoms with E-state index in [1.165, 1.54) is 24.8 Å². The molecule has 1 heterocycles. The summed E-state index contributed by atoms with van der Waals surface area (Å²) in [6.45, 7) is 2.29. The van der Waals surface area contributed by atoms with Crippen molar-refractivity contribution in [3.63, 3.8) is 0 Å². The number of fused-ring (bicyclic) bond motifs is 6. The molecule has 0 bridgehead atoms. The van der Waals surface area contributed by atoms with Crippen LogP contribution in [0.25, 0.3) is 0 Å². The number of carbonyl (C=O) groups excluding carboxylic acids is 1. The van der Waals surface area contributed by atoms with Gasteiger partial charge in [0.2, 0.25) is 0 Å². The lowest BCUT2D eigenvalue weighted by Gasteiger charge is -2.55. The van der Waals surface area contributed by atoms with Gasteiger partial charge in [-0.2, -0.15) is 0 Å². The summed E-state index contributed by atoms with van der Waals surface area (Å²) < 4.78 is 5.96. The van der Waals surface area contributed by atoms with E-state index in [0.29, 0.717) is 23.7 Å². The molecule has 1 aliphatic heterocycles. The van der Waals surface area contributed by atoms with Gasteiger partial charge in [-0.1, -0.05) is 19.1 Å². The Morgan fingerprint density at radius 2 is 2.08 bits per heavy atom. The average Bonchev–Trinajstić information content (AvgIpc) is 3.16. The molecule has 5 aliphatic rings. The number of nitrogens with one attached hydrogen (secondary N) is 1. The second-order valence-corrected chi connectivity index (χ2v) is 8.75. The van der Waals surface area contributed by atoms with Crippen molar-refractivity contribution in [1.82, 2.24) is 0 Å². The molecule has 0 aromatic carbocycles. The summed E-state index contributed by atoms with van der Waals surface area (Å²) in [5.41, 5.74) is 1.95. The maximum absolute atomic E-state index is 11.9. The van der Waals surface area contributed by atoms with Gasteiger partial charge in [-0.05, 0) is 86.3 Å². The molecule has 2 saturated carbocycles. The van der Waals surface area contributed by atoms with Gasteiger partial charge in [0.05, 0.1) is 0 Å². The molecule has 3 N–H and O–H groups in total. The summed E-state index contributed by atoms with van der Waals surface area (Å²) in [5.74, 6) is 2.43. The maximum Gasteiger partial charge on any atom is 0.331 e. The van der Waals surface area contributed by atoms with Gasteiger partial charge in [0, 0.05) is 17.2 Å². The van der Waals surface area contributed by atoms with E-state index in [2.05, 4.69) is 31.2 Å². The summed E-state index contributed by atoms with van der Waals surface area (Å²) in [6, 6.07) is 0. The molecule has 2 fully saturated rings. The van der Waals surface area contributed by atoms with Gasteiger partial charge in [-0.25, -0.2) is 4.79 Å². The Morgan fingerprint density at radius 3 is 2.81 bits per heavy atom. The van der Waals surface area contributed by atoms with E-state index < -0.39 is 0 Å². The molecule has 5 rings (SSSR count). The van der Waals surface area contributed by atoms with Crippen molar-refractivity contribution in [2.24, 2.45) is 29.1 Å². The van der Waals surface area contributed by atoms with Gasteiger partial charge >= 0.3 is 5.97 Å². The molecule has 0 aromatic heterocycles. The van der Waals surface area contributed by atoms with Crippen LogP contribution in [0.5, 0.6) is 0 Å². The average molecular weight is 355 g/mol. The van der Waals surface area contributed by atoms with Crippen LogP contribution in [0, 0.1) is 34.5 Å². The first kappa shape index (κ1) is 17.7. The van der Waals surface area contributed by atoms with Crippen LogP contribution in [0.4, 0.5) is 0 Å². The lowest BCUT2D eigenvalue weighted by atomic mass is 9.51. The van der Waals surface area contributed by atoms with Crippen molar-refractivity contribution in [3.05, 3.63) is 36.0 Å². The predicted molar refractivity (Wildman–Crippen MR) is 101 cm³/mol. The minimum absolute atomic E-state index is 0. The first-order valence-corrected chi connectivity index (χ1v) is 9.98. The smallest absolute Gasteiger partial charge is 0.331 e. The van der Waals surface area contributed by atoms with E-state index >= 15 is 0 Å². The fourth-order valence-corrected chi connectivity index (χ4v) is 7.13. The van der Waals surface area contributed by atoms with Crippen LogP contribution in [-0.4, -0.2) is 22.8 Å². The number of hydrogen-bond acceptors (Lipinski definition) is 3. The van der Waals surface area contributed by atoms with E-state index in [9.17, 15) is 4.79 Å². The maximum atomic E-state index is 11.9. The Balaban J connectivity index is 0.00000168.